The van der Waals surface area contributed by atoms with E-state index >= 15 is 0 Å². The summed E-state index contributed by atoms with van der Waals surface area (Å²) in [6.07, 6.45) is 5.49. The number of nitrogens with zero attached hydrogens (tertiary/aromatic N) is 7. The van der Waals surface area contributed by atoms with Gasteiger partial charge in [-0.15, -0.1) is 0 Å². The molecule has 0 aliphatic carbocycles. The molecule has 164 valence electrons. The van der Waals surface area contributed by atoms with Crippen LogP contribution in [-0.4, -0.2) is 55.7 Å². The van der Waals surface area contributed by atoms with E-state index in [1.54, 1.807) is 12.4 Å². The van der Waals surface area contributed by atoms with Crippen LogP contribution >= 0.6 is 15.9 Å². The molecule has 0 unspecified atom stereocenters. The fraction of sp³-hybridized carbons (Fsp3) is 0.167. The Morgan fingerprint density at radius 3 is 2.52 bits per heavy atom. The van der Waals surface area contributed by atoms with Gasteiger partial charge in [-0.25, -0.2) is 9.67 Å². The summed E-state index contributed by atoms with van der Waals surface area (Å²) in [5, 5.41) is 9.67. The van der Waals surface area contributed by atoms with E-state index in [2.05, 4.69) is 31.9 Å². The molecule has 0 N–H and O–H groups in total. The molecule has 1 aliphatic rings. The summed E-state index contributed by atoms with van der Waals surface area (Å²) < 4.78 is 10.3. The Balaban J connectivity index is 1.47. The molecule has 0 amide bonds. The van der Waals surface area contributed by atoms with Gasteiger partial charge in [-0.2, -0.15) is 14.7 Å². The molecular formula is C24H20BrN7O. The molecule has 9 heteroatoms. The minimum Gasteiger partial charge on any atom is -0.378 e. The molecular weight excluding hydrogens is 482 g/mol. The third kappa shape index (κ3) is 3.90. The van der Waals surface area contributed by atoms with E-state index in [4.69, 9.17) is 19.9 Å². The van der Waals surface area contributed by atoms with Gasteiger partial charge in [-0.1, -0.05) is 28.1 Å². The number of morpholine rings is 1. The summed E-state index contributed by atoms with van der Waals surface area (Å²) in [5.74, 6) is 1.71. The van der Waals surface area contributed by atoms with Crippen molar-refractivity contribution < 1.29 is 4.74 Å². The van der Waals surface area contributed by atoms with Crippen LogP contribution in [-0.2, 0) is 4.74 Å². The first-order chi connectivity index (χ1) is 16.2. The molecule has 33 heavy (non-hydrogen) atoms. The highest BCUT2D eigenvalue weighted by Gasteiger charge is 2.19. The second-order valence-electron chi connectivity index (χ2n) is 7.76. The van der Waals surface area contributed by atoms with Gasteiger partial charge in [0.2, 0.25) is 0 Å². The highest BCUT2D eigenvalue weighted by Crippen LogP contribution is 2.26. The summed E-state index contributed by atoms with van der Waals surface area (Å²) in [7, 11) is 0. The topological polar surface area (TPSA) is 73.4 Å². The average Bonchev–Trinajstić information content (AvgIpc) is 3.52. The van der Waals surface area contributed by atoms with Gasteiger partial charge in [0.15, 0.2) is 11.5 Å². The Bertz CT molecular complexity index is 1420. The number of anilines is 1. The minimum absolute atomic E-state index is 0.687. The Hall–Kier alpha value is -3.56. The summed E-state index contributed by atoms with van der Waals surface area (Å²) in [4.78, 5) is 11.3. The van der Waals surface area contributed by atoms with Crippen LogP contribution in [0.2, 0.25) is 0 Å². The molecule has 1 saturated heterocycles. The number of fused-ring (bicyclic) bond motifs is 1. The molecule has 5 aromatic rings. The van der Waals surface area contributed by atoms with Crippen LogP contribution in [0.15, 0.2) is 77.7 Å². The van der Waals surface area contributed by atoms with Crippen molar-refractivity contribution in [1.29, 1.82) is 0 Å². The number of aromatic nitrogens is 6. The SMILES string of the molecule is Brc1cccc(-c2ccn(-c3cc(N4CCOCC4)n4nc(-c5ccncc5)cc4n3)n2)c1. The van der Waals surface area contributed by atoms with Gasteiger partial charge >= 0.3 is 0 Å². The minimum atomic E-state index is 0.687. The quantitative estimate of drug-likeness (QED) is 0.366. The van der Waals surface area contributed by atoms with Crippen LogP contribution in [0.4, 0.5) is 5.82 Å². The maximum Gasteiger partial charge on any atom is 0.160 e. The van der Waals surface area contributed by atoms with Crippen LogP contribution in [0, 0.1) is 0 Å². The van der Waals surface area contributed by atoms with Crippen molar-refractivity contribution in [2.75, 3.05) is 31.2 Å². The van der Waals surface area contributed by atoms with E-state index in [1.807, 2.05) is 63.9 Å². The number of halogens is 1. The van der Waals surface area contributed by atoms with Gasteiger partial charge in [0, 0.05) is 59.4 Å². The lowest BCUT2D eigenvalue weighted by molar-refractivity contribution is 0.122. The zero-order valence-electron chi connectivity index (χ0n) is 17.7. The fourth-order valence-corrected chi connectivity index (χ4v) is 4.40. The van der Waals surface area contributed by atoms with E-state index < -0.39 is 0 Å². The molecule has 0 saturated carbocycles. The predicted octanol–water partition coefficient (Wildman–Crippen LogP) is 4.24. The number of hydrogen-bond donors (Lipinski definition) is 0. The first kappa shape index (κ1) is 20.1. The number of benzene rings is 1. The third-order valence-electron chi connectivity index (χ3n) is 5.65. The van der Waals surface area contributed by atoms with Crippen LogP contribution in [0.5, 0.6) is 0 Å². The summed E-state index contributed by atoms with van der Waals surface area (Å²) in [6.45, 7) is 2.97. The van der Waals surface area contributed by atoms with E-state index in [0.29, 0.717) is 13.2 Å². The van der Waals surface area contributed by atoms with Crippen LogP contribution in [0.3, 0.4) is 0 Å². The van der Waals surface area contributed by atoms with Crippen LogP contribution < -0.4 is 4.90 Å². The van der Waals surface area contributed by atoms with Crippen LogP contribution in [0.25, 0.3) is 34.0 Å². The Morgan fingerprint density at radius 2 is 1.70 bits per heavy atom. The highest BCUT2D eigenvalue weighted by atomic mass is 79.9. The largest absolute Gasteiger partial charge is 0.378 e. The second kappa shape index (κ2) is 8.42. The molecule has 0 atom stereocenters. The first-order valence-electron chi connectivity index (χ1n) is 10.7. The maximum absolute atomic E-state index is 5.57. The fourth-order valence-electron chi connectivity index (χ4n) is 4.00. The zero-order chi connectivity index (χ0) is 22.2. The van der Waals surface area contributed by atoms with Crippen molar-refractivity contribution in [2.45, 2.75) is 0 Å². The van der Waals surface area contributed by atoms with Crippen molar-refractivity contribution in [3.05, 3.63) is 77.7 Å². The standard InChI is InChI=1S/C24H20BrN7O/c25-19-3-1-2-18(14-19)20-6-9-31(28-20)22-16-24(30-10-12-33-13-11-30)32-23(27-22)15-21(29-32)17-4-7-26-8-5-17/h1-9,14-16H,10-13H2. The maximum atomic E-state index is 5.57. The summed E-state index contributed by atoms with van der Waals surface area (Å²) >= 11 is 3.54. The molecule has 0 bridgehead atoms. The molecule has 1 aromatic carbocycles. The summed E-state index contributed by atoms with van der Waals surface area (Å²) in [5.41, 5.74) is 4.55. The van der Waals surface area contributed by atoms with E-state index in [-0.39, 0.29) is 0 Å². The molecule has 1 fully saturated rings. The van der Waals surface area contributed by atoms with Gasteiger partial charge in [0.1, 0.15) is 5.82 Å². The van der Waals surface area contributed by atoms with E-state index in [1.165, 1.54) is 0 Å². The normalized spacial score (nSPS) is 14.2. The zero-order valence-corrected chi connectivity index (χ0v) is 19.3. The smallest absolute Gasteiger partial charge is 0.160 e. The number of rotatable bonds is 4. The van der Waals surface area contributed by atoms with E-state index in [0.717, 1.165) is 57.4 Å². The Morgan fingerprint density at radius 1 is 0.848 bits per heavy atom. The monoisotopic (exact) mass is 501 g/mol. The van der Waals surface area contributed by atoms with Crippen LogP contribution in [0.1, 0.15) is 0 Å². The van der Waals surface area contributed by atoms with Crippen molar-refractivity contribution in [1.82, 2.24) is 29.4 Å². The van der Waals surface area contributed by atoms with Gasteiger partial charge in [0.25, 0.3) is 0 Å². The molecule has 0 radical (unpaired) electrons. The van der Waals surface area contributed by atoms with Gasteiger partial charge < -0.3 is 9.64 Å². The van der Waals surface area contributed by atoms with Crippen molar-refractivity contribution in [3.63, 3.8) is 0 Å². The van der Waals surface area contributed by atoms with Crippen molar-refractivity contribution >= 4 is 27.4 Å². The van der Waals surface area contributed by atoms with Crippen molar-refractivity contribution in [2.24, 2.45) is 0 Å². The molecule has 0 spiro atoms. The molecule has 5 heterocycles. The Labute approximate surface area is 198 Å². The lowest BCUT2D eigenvalue weighted by atomic mass is 10.2. The molecule has 8 nitrogen and oxygen atoms in total. The third-order valence-corrected chi connectivity index (χ3v) is 6.14. The average molecular weight is 502 g/mol. The lowest BCUT2D eigenvalue weighted by Gasteiger charge is -2.29. The highest BCUT2D eigenvalue weighted by molar-refractivity contribution is 9.10. The van der Waals surface area contributed by atoms with Gasteiger partial charge in [0.05, 0.1) is 24.6 Å². The predicted molar refractivity (Wildman–Crippen MR) is 130 cm³/mol. The molecule has 6 rings (SSSR count). The summed E-state index contributed by atoms with van der Waals surface area (Å²) in [6, 6.07) is 18.1. The number of hydrogen-bond acceptors (Lipinski definition) is 6. The lowest BCUT2D eigenvalue weighted by Crippen LogP contribution is -2.37. The Kier molecular flexibility index (Phi) is 5.12. The first-order valence-corrected chi connectivity index (χ1v) is 11.5. The van der Waals surface area contributed by atoms with Gasteiger partial charge in [-0.05, 0) is 30.3 Å². The number of pyridine rings is 1. The molecule has 4 aromatic heterocycles. The van der Waals surface area contributed by atoms with Crippen molar-refractivity contribution in [3.8, 4) is 28.3 Å². The van der Waals surface area contributed by atoms with Gasteiger partial charge in [-0.3, -0.25) is 4.98 Å². The number of ether oxygens (including phenoxy) is 1. The molecule has 1 aliphatic heterocycles. The van der Waals surface area contributed by atoms with E-state index in [9.17, 15) is 0 Å². The second-order valence-corrected chi connectivity index (χ2v) is 8.68.